The van der Waals surface area contributed by atoms with E-state index in [1.807, 2.05) is 35.2 Å². The topological polar surface area (TPSA) is 75.8 Å². The second kappa shape index (κ2) is 11.1. The highest BCUT2D eigenvalue weighted by atomic mass is 32.1. The predicted molar refractivity (Wildman–Crippen MR) is 143 cm³/mol. The average Bonchev–Trinajstić information content (AvgIpc) is 2.89. The first-order valence-corrected chi connectivity index (χ1v) is 11.5. The molecule has 3 aromatic carbocycles. The molecular formula is C27H26FN3O4S. The number of fused-ring (bicyclic) bond motifs is 1. The summed E-state index contributed by atoms with van der Waals surface area (Å²) in [5.74, 6) is 1.38. The number of benzene rings is 3. The highest BCUT2D eigenvalue weighted by Gasteiger charge is 2.17. The lowest BCUT2D eigenvalue weighted by atomic mass is 10.1. The molecule has 0 amide bonds. The number of nitrogens with zero attached hydrogens (tertiary/aromatic N) is 1. The van der Waals surface area contributed by atoms with Gasteiger partial charge in [-0.15, -0.1) is 0 Å². The van der Waals surface area contributed by atoms with E-state index >= 15 is 0 Å². The Bertz CT molecular complexity index is 1440. The number of ether oxygens (including phenoxy) is 3. The Balaban J connectivity index is 1.69. The molecule has 0 aliphatic carbocycles. The Hall–Kier alpha value is -4.11. The van der Waals surface area contributed by atoms with E-state index in [4.69, 9.17) is 26.4 Å². The minimum Gasteiger partial charge on any atom is -0.495 e. The number of rotatable bonds is 8. The van der Waals surface area contributed by atoms with E-state index in [1.54, 1.807) is 45.6 Å². The summed E-state index contributed by atoms with van der Waals surface area (Å²) in [4.78, 5) is 17.8. The standard InChI is InChI=1S/C27H26FN3O4S/c1-33-23-7-5-4-6-21(23)30-27(36)31(15-17-8-10-20(28)11-9-17)16-19-12-18-13-24(34-2)25(35-3)14-22(18)29-26(19)32/h4-14H,15-16H2,1-3H3,(H,29,32)(H,30,36). The largest absolute Gasteiger partial charge is 0.495 e. The van der Waals surface area contributed by atoms with Crippen molar-refractivity contribution in [2.45, 2.75) is 13.1 Å². The SMILES string of the molecule is COc1ccccc1NC(=S)N(Cc1ccc(F)cc1)Cc1cc2cc(OC)c(OC)cc2[nH]c1=O. The number of para-hydroxylation sites is 2. The number of hydrogen-bond donors (Lipinski definition) is 2. The molecule has 186 valence electrons. The van der Waals surface area contributed by atoms with Crippen LogP contribution in [-0.2, 0) is 13.1 Å². The normalized spacial score (nSPS) is 10.7. The van der Waals surface area contributed by atoms with Gasteiger partial charge in [0.1, 0.15) is 11.6 Å². The van der Waals surface area contributed by atoms with Gasteiger partial charge in [0.05, 0.1) is 39.1 Å². The van der Waals surface area contributed by atoms with Crippen molar-refractivity contribution in [3.05, 3.63) is 94.0 Å². The van der Waals surface area contributed by atoms with Crippen molar-refractivity contribution in [3.63, 3.8) is 0 Å². The summed E-state index contributed by atoms with van der Waals surface area (Å²) in [6, 6.07) is 18.9. The molecule has 1 heterocycles. The number of hydrogen-bond acceptors (Lipinski definition) is 5. The summed E-state index contributed by atoms with van der Waals surface area (Å²) < 4.78 is 29.7. The van der Waals surface area contributed by atoms with E-state index in [0.29, 0.717) is 45.7 Å². The van der Waals surface area contributed by atoms with Crippen molar-refractivity contribution < 1.29 is 18.6 Å². The first-order chi connectivity index (χ1) is 17.4. The van der Waals surface area contributed by atoms with Gasteiger partial charge in [0.2, 0.25) is 0 Å². The molecule has 0 aliphatic rings. The highest BCUT2D eigenvalue weighted by Crippen LogP contribution is 2.31. The molecule has 0 radical (unpaired) electrons. The minimum atomic E-state index is -0.324. The van der Waals surface area contributed by atoms with Gasteiger partial charge in [0.15, 0.2) is 16.6 Å². The minimum absolute atomic E-state index is 0.206. The molecule has 0 spiro atoms. The van der Waals surface area contributed by atoms with Crippen LogP contribution >= 0.6 is 12.2 Å². The van der Waals surface area contributed by atoms with Crippen molar-refractivity contribution in [2.75, 3.05) is 26.6 Å². The van der Waals surface area contributed by atoms with E-state index in [0.717, 1.165) is 10.9 Å². The van der Waals surface area contributed by atoms with Gasteiger partial charge in [-0.1, -0.05) is 24.3 Å². The van der Waals surface area contributed by atoms with Crippen LogP contribution in [0.2, 0.25) is 0 Å². The molecule has 4 aromatic rings. The number of anilines is 1. The molecule has 36 heavy (non-hydrogen) atoms. The van der Waals surface area contributed by atoms with E-state index in [1.165, 1.54) is 12.1 Å². The lowest BCUT2D eigenvalue weighted by Gasteiger charge is -2.26. The van der Waals surface area contributed by atoms with Crippen molar-refractivity contribution in [1.82, 2.24) is 9.88 Å². The number of aromatic amines is 1. The van der Waals surface area contributed by atoms with Crippen molar-refractivity contribution >= 4 is 33.9 Å². The third-order valence-electron chi connectivity index (χ3n) is 5.71. The van der Waals surface area contributed by atoms with Gasteiger partial charge >= 0.3 is 0 Å². The van der Waals surface area contributed by atoms with Crippen LogP contribution in [0.5, 0.6) is 17.2 Å². The molecule has 0 bridgehead atoms. The molecule has 4 rings (SSSR count). The fourth-order valence-corrected chi connectivity index (χ4v) is 4.09. The second-order valence-corrected chi connectivity index (χ2v) is 8.42. The first kappa shape index (κ1) is 25.0. The fourth-order valence-electron chi connectivity index (χ4n) is 3.85. The van der Waals surface area contributed by atoms with Gasteiger partial charge in [-0.25, -0.2) is 4.39 Å². The van der Waals surface area contributed by atoms with Crippen LogP contribution in [0.1, 0.15) is 11.1 Å². The van der Waals surface area contributed by atoms with E-state index < -0.39 is 0 Å². The van der Waals surface area contributed by atoms with Crippen molar-refractivity contribution in [3.8, 4) is 17.2 Å². The number of aromatic nitrogens is 1. The van der Waals surface area contributed by atoms with Crippen LogP contribution in [0.4, 0.5) is 10.1 Å². The quantitative estimate of drug-likeness (QED) is 0.322. The molecule has 2 N–H and O–H groups in total. The van der Waals surface area contributed by atoms with Gasteiger partial charge < -0.3 is 29.4 Å². The third-order valence-corrected chi connectivity index (χ3v) is 6.07. The Morgan fingerprint density at radius 1 is 0.917 bits per heavy atom. The number of pyridine rings is 1. The number of H-pyrrole nitrogens is 1. The molecular weight excluding hydrogens is 481 g/mol. The summed E-state index contributed by atoms with van der Waals surface area (Å²) in [6.07, 6.45) is 0. The lowest BCUT2D eigenvalue weighted by Crippen LogP contribution is -2.35. The Kier molecular flexibility index (Phi) is 7.70. The van der Waals surface area contributed by atoms with E-state index in [2.05, 4.69) is 10.3 Å². The third kappa shape index (κ3) is 5.58. The molecule has 0 aliphatic heterocycles. The molecule has 0 saturated carbocycles. The van der Waals surface area contributed by atoms with Crippen LogP contribution in [0.15, 0.2) is 71.5 Å². The zero-order chi connectivity index (χ0) is 25.7. The molecule has 0 unspecified atom stereocenters. The van der Waals surface area contributed by atoms with Crippen LogP contribution in [0.25, 0.3) is 10.9 Å². The smallest absolute Gasteiger partial charge is 0.253 e. The van der Waals surface area contributed by atoms with E-state index in [9.17, 15) is 9.18 Å². The Morgan fingerprint density at radius 2 is 1.58 bits per heavy atom. The van der Waals surface area contributed by atoms with Crippen LogP contribution < -0.4 is 25.1 Å². The summed E-state index contributed by atoms with van der Waals surface area (Å²) in [7, 11) is 4.68. The number of methoxy groups -OCH3 is 3. The molecule has 1 aromatic heterocycles. The van der Waals surface area contributed by atoms with Crippen molar-refractivity contribution in [2.24, 2.45) is 0 Å². The molecule has 9 heteroatoms. The maximum Gasteiger partial charge on any atom is 0.253 e. The van der Waals surface area contributed by atoms with E-state index in [-0.39, 0.29) is 17.9 Å². The number of nitrogens with one attached hydrogen (secondary N) is 2. The Labute approximate surface area is 213 Å². The van der Waals surface area contributed by atoms with Crippen molar-refractivity contribution in [1.29, 1.82) is 0 Å². The van der Waals surface area contributed by atoms with Crippen LogP contribution in [0, 0.1) is 5.82 Å². The predicted octanol–water partition coefficient (Wildman–Crippen LogP) is 5.09. The maximum absolute atomic E-state index is 13.5. The van der Waals surface area contributed by atoms with Gasteiger partial charge in [-0.2, -0.15) is 0 Å². The first-order valence-electron chi connectivity index (χ1n) is 11.1. The van der Waals surface area contributed by atoms with Gasteiger partial charge in [0.25, 0.3) is 5.56 Å². The second-order valence-electron chi connectivity index (χ2n) is 8.03. The maximum atomic E-state index is 13.5. The molecule has 0 atom stereocenters. The zero-order valence-corrected chi connectivity index (χ0v) is 20.9. The summed E-state index contributed by atoms with van der Waals surface area (Å²) in [5, 5.41) is 4.38. The van der Waals surface area contributed by atoms with Crippen LogP contribution in [-0.4, -0.2) is 36.3 Å². The fraction of sp³-hybridized carbons (Fsp3) is 0.185. The lowest BCUT2D eigenvalue weighted by molar-refractivity contribution is 0.355. The monoisotopic (exact) mass is 507 g/mol. The highest BCUT2D eigenvalue weighted by molar-refractivity contribution is 7.80. The van der Waals surface area contributed by atoms with Gasteiger partial charge in [-0.3, -0.25) is 4.79 Å². The number of thiocarbonyl (C=S) groups is 1. The van der Waals surface area contributed by atoms with Crippen LogP contribution in [0.3, 0.4) is 0 Å². The summed E-state index contributed by atoms with van der Waals surface area (Å²) in [5.41, 5.74) is 2.41. The summed E-state index contributed by atoms with van der Waals surface area (Å²) in [6.45, 7) is 0.558. The van der Waals surface area contributed by atoms with Gasteiger partial charge in [0, 0.05) is 23.6 Å². The zero-order valence-electron chi connectivity index (χ0n) is 20.1. The molecule has 7 nitrogen and oxygen atoms in total. The molecule has 0 fully saturated rings. The summed E-state index contributed by atoms with van der Waals surface area (Å²) >= 11 is 5.74. The average molecular weight is 508 g/mol. The Morgan fingerprint density at radius 3 is 2.28 bits per heavy atom. The number of halogens is 1. The van der Waals surface area contributed by atoms with Gasteiger partial charge in [-0.05, 0) is 54.2 Å². The molecule has 0 saturated heterocycles.